The number of methoxy groups -OCH3 is 1. The molecule has 0 amide bonds. The number of benzene rings is 3. The molecule has 0 fully saturated rings. The quantitative estimate of drug-likeness (QED) is 0.0119. The van der Waals surface area contributed by atoms with E-state index in [4.69, 9.17) is 30.8 Å². The van der Waals surface area contributed by atoms with Crippen LogP contribution in [0, 0.1) is 0 Å². The van der Waals surface area contributed by atoms with E-state index in [1.54, 1.807) is 0 Å². The van der Waals surface area contributed by atoms with E-state index in [0.29, 0.717) is 35.0 Å². The lowest BCUT2D eigenvalue weighted by molar-refractivity contribution is -0.692. The number of nitrogen functional groups attached to an aromatic ring is 2. The second-order valence-electron chi connectivity index (χ2n) is 10.8. The molecular weight excluding hydrogens is 863 g/mol. The number of aryl methyl sites for hydroxylation is 1. The van der Waals surface area contributed by atoms with Crippen molar-refractivity contribution in [2.75, 3.05) is 30.1 Å². The van der Waals surface area contributed by atoms with Crippen molar-refractivity contribution in [1.29, 1.82) is 0 Å². The topological polar surface area (TPSA) is 360 Å². The van der Waals surface area contributed by atoms with Crippen LogP contribution >= 0.6 is 24.1 Å². The zero-order valence-electron chi connectivity index (χ0n) is 28.6. The van der Waals surface area contributed by atoms with Gasteiger partial charge in [0.15, 0.2) is 28.8 Å². The molecule has 4 rings (SSSR count). The summed E-state index contributed by atoms with van der Waals surface area (Å²) in [5, 5.41) is 35.9. The molecule has 8 N–H and O–H groups in total. The van der Waals surface area contributed by atoms with Gasteiger partial charge in [-0.1, -0.05) is 5.04 Å². The number of carbonyl (C=O) groups is 2. The van der Waals surface area contributed by atoms with E-state index in [9.17, 15) is 43.9 Å². The number of hydrogen-bond donors (Lipinski definition) is 6. The maximum Gasteiger partial charge on any atom is 0.336 e. The number of nitrogens with zero attached hydrogens (tertiary/aromatic N) is 5. The lowest BCUT2D eigenvalue weighted by atomic mass is 10.2. The van der Waals surface area contributed by atoms with E-state index in [2.05, 4.69) is 29.8 Å². The third kappa shape index (κ3) is 11.9. The summed E-state index contributed by atoms with van der Waals surface area (Å²) >= 11 is 1.10. The first-order valence-electron chi connectivity index (χ1n) is 15.0. The Kier molecular flexibility index (Phi) is 14.6. The van der Waals surface area contributed by atoms with E-state index in [1.165, 1.54) is 54.4 Å². The lowest BCUT2D eigenvalue weighted by Crippen LogP contribution is -2.36. The number of aromatic nitrogens is 1. The molecule has 1 aromatic heterocycles. The van der Waals surface area contributed by atoms with Gasteiger partial charge in [0.1, 0.15) is 49.8 Å². The van der Waals surface area contributed by atoms with Gasteiger partial charge in [-0.2, -0.15) is 16.8 Å². The van der Waals surface area contributed by atoms with Crippen molar-refractivity contribution < 1.29 is 77.2 Å². The second kappa shape index (κ2) is 18.8. The number of sulfone groups is 1. The number of carboxylic acids is 1. The molecule has 57 heavy (non-hydrogen) atoms. The molecule has 0 spiro atoms. The van der Waals surface area contributed by atoms with Gasteiger partial charge in [0.05, 0.1) is 45.9 Å². The standard InChI is InChI=1S/C29H27N7O16S5/c1-49-22-12-17(54-50-25(37)15-53-52-51-40)2-4-19(22)32-34-21-14-24(57(46,47)48)27(31)28(26(21)30)35-33-20-5-3-18(13-23(20)56(43,44)45)55(41,42)11-10-36-8-6-16(7-9-36)29(38)39/h2-9,12-14H,10-11,15,30-31H2,1H3,(H3-,38,39,40,43,44,45,46,47,48)/p+1. The molecule has 0 bridgehead atoms. The number of ether oxygens (including phenoxy) is 1. The zero-order valence-corrected chi connectivity index (χ0v) is 32.7. The number of hydrogen-bond acceptors (Lipinski definition) is 21. The minimum absolute atomic E-state index is 0.0348. The lowest BCUT2D eigenvalue weighted by Gasteiger charge is -2.11. The molecule has 0 aliphatic carbocycles. The Bertz CT molecular complexity index is 2570. The van der Waals surface area contributed by atoms with E-state index in [1.807, 2.05) is 0 Å². The predicted molar refractivity (Wildman–Crippen MR) is 198 cm³/mol. The average Bonchev–Trinajstić information content (AvgIpc) is 3.15. The van der Waals surface area contributed by atoms with E-state index < -0.39 is 90.9 Å². The van der Waals surface area contributed by atoms with Crippen LogP contribution in [0.3, 0.4) is 0 Å². The van der Waals surface area contributed by atoms with Crippen LogP contribution in [0.2, 0.25) is 0 Å². The number of aromatic carboxylic acids is 1. The van der Waals surface area contributed by atoms with Crippen LogP contribution in [0.15, 0.2) is 107 Å². The molecule has 0 aliphatic rings. The van der Waals surface area contributed by atoms with Crippen LogP contribution in [0.25, 0.3) is 0 Å². The van der Waals surface area contributed by atoms with E-state index in [0.717, 1.165) is 18.2 Å². The molecule has 0 saturated heterocycles. The van der Waals surface area contributed by atoms with Gasteiger partial charge in [-0.3, -0.25) is 13.9 Å². The van der Waals surface area contributed by atoms with Gasteiger partial charge in [-0.05, 0) is 42.5 Å². The largest absolute Gasteiger partial charge is 0.494 e. The van der Waals surface area contributed by atoms with Gasteiger partial charge in [0.25, 0.3) is 20.2 Å². The van der Waals surface area contributed by atoms with Crippen molar-refractivity contribution in [2.24, 2.45) is 20.5 Å². The highest BCUT2D eigenvalue weighted by atomic mass is 32.2. The number of azo groups is 2. The Hall–Kier alpha value is -5.30. The van der Waals surface area contributed by atoms with Gasteiger partial charge in [0, 0.05) is 24.2 Å². The van der Waals surface area contributed by atoms with Crippen LogP contribution in [-0.2, 0) is 55.0 Å². The van der Waals surface area contributed by atoms with E-state index in [-0.39, 0.29) is 29.3 Å². The average molecular weight is 891 g/mol. The van der Waals surface area contributed by atoms with Crippen molar-refractivity contribution >= 4 is 100 Å². The van der Waals surface area contributed by atoms with Gasteiger partial charge in [0.2, 0.25) is 0 Å². The SMILES string of the molecule is COc1cc(SOC(=O)CSOOO)ccc1N=Nc1cc(S(=O)(=O)O)c(N)c(N=Nc2ccc(S(=O)(=O)CC[n+]3ccc(C(=O)O)cc3)cc2S(=O)(=O)O)c1N. The van der Waals surface area contributed by atoms with Crippen LogP contribution in [0.1, 0.15) is 10.4 Å². The first kappa shape index (κ1) is 44.4. The fraction of sp³-hybridized carbons (Fsp3) is 0.138. The first-order valence-corrected chi connectivity index (χ1v) is 21.2. The highest BCUT2D eigenvalue weighted by Gasteiger charge is 2.25. The highest BCUT2D eigenvalue weighted by Crippen LogP contribution is 2.44. The molecule has 28 heteroatoms. The number of rotatable bonds is 18. The van der Waals surface area contributed by atoms with Crippen molar-refractivity contribution in [2.45, 2.75) is 26.1 Å². The minimum Gasteiger partial charge on any atom is -0.494 e. The molecule has 23 nitrogen and oxygen atoms in total. The predicted octanol–water partition coefficient (Wildman–Crippen LogP) is 4.26. The molecule has 0 atom stereocenters. The fourth-order valence-electron chi connectivity index (χ4n) is 4.35. The molecule has 0 saturated carbocycles. The fourth-order valence-corrected chi connectivity index (χ4v) is 7.82. The number of anilines is 2. The molecule has 0 unspecified atom stereocenters. The molecule has 0 radical (unpaired) electrons. The molecule has 304 valence electrons. The first-order chi connectivity index (χ1) is 26.7. The summed E-state index contributed by atoms with van der Waals surface area (Å²) in [6.07, 6.45) is 2.67. The van der Waals surface area contributed by atoms with Gasteiger partial charge in [-0.15, -0.1) is 24.8 Å². The summed E-state index contributed by atoms with van der Waals surface area (Å²) in [4.78, 5) is 20.7. The summed E-state index contributed by atoms with van der Waals surface area (Å²) in [6.45, 7) is -0.165. The number of nitrogens with two attached hydrogens (primary N) is 2. The van der Waals surface area contributed by atoms with Crippen molar-refractivity contribution in [3.63, 3.8) is 0 Å². The monoisotopic (exact) mass is 890 g/mol. The maximum absolute atomic E-state index is 13.1. The Balaban J connectivity index is 1.66. The Morgan fingerprint density at radius 2 is 1.44 bits per heavy atom. The van der Waals surface area contributed by atoms with Crippen molar-refractivity contribution in [3.8, 4) is 5.75 Å². The summed E-state index contributed by atoms with van der Waals surface area (Å²) < 4.78 is 111. The van der Waals surface area contributed by atoms with Crippen LogP contribution < -0.4 is 20.8 Å². The summed E-state index contributed by atoms with van der Waals surface area (Å²) in [5.41, 5.74) is 9.15. The molecule has 3 aromatic carbocycles. The van der Waals surface area contributed by atoms with Gasteiger partial charge >= 0.3 is 11.9 Å². The zero-order chi connectivity index (χ0) is 42.1. The van der Waals surface area contributed by atoms with Crippen LogP contribution in [0.4, 0.5) is 34.1 Å². The van der Waals surface area contributed by atoms with Gasteiger partial charge < -0.3 is 25.5 Å². The maximum atomic E-state index is 13.1. The number of carboxylic acid groups (broad SMARTS) is 1. The number of pyridine rings is 1. The summed E-state index contributed by atoms with van der Waals surface area (Å²) in [6, 6.07) is 9.91. The third-order valence-electron chi connectivity index (χ3n) is 7.08. The van der Waals surface area contributed by atoms with E-state index >= 15 is 0 Å². The second-order valence-corrected chi connectivity index (χ2v) is 17.1. The Morgan fingerprint density at radius 3 is 2.05 bits per heavy atom. The highest BCUT2D eigenvalue weighted by molar-refractivity contribution is 7.96. The van der Waals surface area contributed by atoms with Crippen LogP contribution in [-0.4, -0.2) is 75.3 Å². The third-order valence-corrected chi connectivity index (χ3v) is 11.8. The van der Waals surface area contributed by atoms with Crippen molar-refractivity contribution in [1.82, 2.24) is 0 Å². The molecule has 1 heterocycles. The Labute approximate surface area is 331 Å². The normalized spacial score (nSPS) is 12.3. The van der Waals surface area contributed by atoms with Crippen LogP contribution in [0.5, 0.6) is 5.75 Å². The molecular formula is C29H28N7O16S5+. The summed E-state index contributed by atoms with van der Waals surface area (Å²) in [5.74, 6) is -2.77. The Morgan fingerprint density at radius 1 is 0.807 bits per heavy atom. The van der Waals surface area contributed by atoms with Gasteiger partial charge in [-0.25, -0.2) is 23.0 Å². The summed E-state index contributed by atoms with van der Waals surface area (Å²) in [7, 11) is -13.2. The number of carbonyl (C=O) groups excluding carboxylic acids is 1. The minimum atomic E-state index is -5.19. The van der Waals surface area contributed by atoms with Crippen molar-refractivity contribution in [3.05, 3.63) is 72.6 Å². The molecule has 4 aromatic rings. The smallest absolute Gasteiger partial charge is 0.336 e. The molecule has 0 aliphatic heterocycles.